The number of hydrogen-bond acceptors (Lipinski definition) is 3. The highest BCUT2D eigenvalue weighted by Gasteiger charge is 2.10. The Hall–Kier alpha value is -0.270. The molecule has 2 aromatic rings. The van der Waals surface area contributed by atoms with E-state index in [1.165, 1.54) is 3.57 Å². The van der Waals surface area contributed by atoms with Crippen LogP contribution in [0.25, 0.3) is 11.4 Å². The minimum atomic E-state index is 0.689. The Morgan fingerprint density at radius 1 is 1.39 bits per heavy atom. The van der Waals surface area contributed by atoms with Crippen molar-refractivity contribution in [3.63, 3.8) is 0 Å². The predicted molar refractivity (Wildman–Crippen MR) is 85.2 cm³/mol. The summed E-state index contributed by atoms with van der Waals surface area (Å²) in [7, 11) is 2.00. The minimum Gasteiger partial charge on any atom is -0.305 e. The molecule has 3 nitrogen and oxygen atoms in total. The molecule has 6 heteroatoms. The molecule has 0 bridgehead atoms. The Morgan fingerprint density at radius 2 is 2.22 bits per heavy atom. The second-order valence-electron chi connectivity index (χ2n) is 3.77. The molecule has 0 spiro atoms. The topological polar surface area (TPSA) is 30.7 Å². The minimum absolute atomic E-state index is 0.689. The summed E-state index contributed by atoms with van der Waals surface area (Å²) in [6.45, 7) is 0. The van der Waals surface area contributed by atoms with Crippen LogP contribution in [0.4, 0.5) is 0 Å². The fraction of sp³-hybridized carbons (Fsp3) is 0.333. The quantitative estimate of drug-likeness (QED) is 0.335. The van der Waals surface area contributed by atoms with Gasteiger partial charge in [-0.15, -0.1) is 21.8 Å². The number of benzene rings is 1. The first-order valence-corrected chi connectivity index (χ1v) is 8.16. The summed E-state index contributed by atoms with van der Waals surface area (Å²) in [6.07, 6.45) is 0.984. The van der Waals surface area contributed by atoms with Crippen LogP contribution in [-0.4, -0.2) is 26.4 Å². The van der Waals surface area contributed by atoms with Gasteiger partial charge in [0.05, 0.1) is 0 Å². The highest BCUT2D eigenvalue weighted by molar-refractivity contribution is 14.1. The van der Waals surface area contributed by atoms with Gasteiger partial charge in [-0.25, -0.2) is 0 Å². The number of halogens is 2. The smallest absolute Gasteiger partial charge is 0.191 e. The summed E-state index contributed by atoms with van der Waals surface area (Å²) >= 11 is 9.66. The molecular formula is C12H13ClIN3S. The van der Waals surface area contributed by atoms with Crippen molar-refractivity contribution >= 4 is 46.0 Å². The van der Waals surface area contributed by atoms with Crippen molar-refractivity contribution < 1.29 is 0 Å². The number of nitrogens with zero attached hydrogens (tertiary/aromatic N) is 3. The van der Waals surface area contributed by atoms with Crippen LogP contribution in [0.1, 0.15) is 6.42 Å². The number of aromatic nitrogens is 3. The summed E-state index contributed by atoms with van der Waals surface area (Å²) in [4.78, 5) is 0. The Balaban J connectivity index is 2.20. The largest absolute Gasteiger partial charge is 0.305 e. The van der Waals surface area contributed by atoms with E-state index >= 15 is 0 Å². The van der Waals surface area contributed by atoms with Gasteiger partial charge < -0.3 is 4.57 Å². The first-order chi connectivity index (χ1) is 8.72. The highest BCUT2D eigenvalue weighted by atomic mass is 127. The summed E-state index contributed by atoms with van der Waals surface area (Å²) < 4.78 is 3.23. The zero-order chi connectivity index (χ0) is 13.0. The Labute approximate surface area is 129 Å². The van der Waals surface area contributed by atoms with Crippen LogP contribution in [0.3, 0.4) is 0 Å². The number of rotatable bonds is 5. The Morgan fingerprint density at radius 3 is 2.94 bits per heavy atom. The van der Waals surface area contributed by atoms with Crippen LogP contribution >= 0.6 is 46.0 Å². The molecule has 0 atom stereocenters. The van der Waals surface area contributed by atoms with Crippen LogP contribution in [0.15, 0.2) is 29.4 Å². The second kappa shape index (κ2) is 6.77. The maximum absolute atomic E-state index is 5.67. The highest BCUT2D eigenvalue weighted by Crippen LogP contribution is 2.24. The first kappa shape index (κ1) is 14.1. The zero-order valence-corrected chi connectivity index (χ0v) is 13.7. The molecule has 2 rings (SSSR count). The van der Waals surface area contributed by atoms with Gasteiger partial charge in [0.1, 0.15) is 0 Å². The van der Waals surface area contributed by atoms with Gasteiger partial charge in [0.25, 0.3) is 0 Å². The first-order valence-electron chi connectivity index (χ1n) is 5.56. The molecular weight excluding hydrogens is 381 g/mol. The predicted octanol–water partition coefficient (Wildman–Crippen LogP) is 3.81. The summed E-state index contributed by atoms with van der Waals surface area (Å²) in [5, 5.41) is 9.42. The maximum atomic E-state index is 5.67. The van der Waals surface area contributed by atoms with Gasteiger partial charge in [-0.2, -0.15) is 0 Å². The molecule has 0 saturated carbocycles. The van der Waals surface area contributed by atoms with Crippen molar-refractivity contribution in [1.82, 2.24) is 14.8 Å². The number of hydrogen-bond donors (Lipinski definition) is 0. The molecule has 0 aliphatic carbocycles. The van der Waals surface area contributed by atoms with Crippen molar-refractivity contribution in [2.24, 2.45) is 7.05 Å². The molecule has 1 aromatic heterocycles. The average molecular weight is 394 g/mol. The second-order valence-corrected chi connectivity index (χ2v) is 6.45. The lowest BCUT2D eigenvalue weighted by Gasteiger charge is -2.03. The van der Waals surface area contributed by atoms with Gasteiger partial charge in [-0.05, 0) is 41.1 Å². The zero-order valence-electron chi connectivity index (χ0n) is 9.94. The molecule has 1 heterocycles. The van der Waals surface area contributed by atoms with E-state index in [2.05, 4.69) is 51.0 Å². The summed E-state index contributed by atoms with van der Waals surface area (Å²) in [5.41, 5.74) is 1.10. The van der Waals surface area contributed by atoms with Crippen LogP contribution in [0, 0.1) is 3.57 Å². The van der Waals surface area contributed by atoms with Crippen LogP contribution < -0.4 is 0 Å². The number of alkyl halides is 1. The van der Waals surface area contributed by atoms with Crippen LogP contribution in [0.2, 0.25) is 0 Å². The third-order valence-electron chi connectivity index (χ3n) is 2.43. The van der Waals surface area contributed by atoms with Crippen molar-refractivity contribution in [3.8, 4) is 11.4 Å². The van der Waals surface area contributed by atoms with Crippen molar-refractivity contribution in [2.75, 3.05) is 11.6 Å². The van der Waals surface area contributed by atoms with Crippen molar-refractivity contribution in [1.29, 1.82) is 0 Å². The van der Waals surface area contributed by atoms with Gasteiger partial charge in [0.2, 0.25) is 0 Å². The van der Waals surface area contributed by atoms with Crippen molar-refractivity contribution in [3.05, 3.63) is 27.8 Å². The van der Waals surface area contributed by atoms with E-state index < -0.39 is 0 Å². The normalized spacial score (nSPS) is 10.8. The molecule has 0 aliphatic rings. The van der Waals surface area contributed by atoms with E-state index in [-0.39, 0.29) is 0 Å². The molecule has 0 aliphatic heterocycles. The molecule has 0 N–H and O–H groups in total. The standard InChI is InChI=1S/C12H13ClIN3S/c1-17-11(9-4-2-5-10(14)8-9)15-16-12(17)18-7-3-6-13/h2,4-5,8H,3,6-7H2,1H3. The molecule has 0 unspecified atom stereocenters. The van der Waals surface area contributed by atoms with Gasteiger partial charge in [-0.3, -0.25) is 0 Å². The molecule has 18 heavy (non-hydrogen) atoms. The molecule has 1 aromatic carbocycles. The van der Waals surface area contributed by atoms with E-state index in [1.807, 2.05) is 17.7 Å². The summed E-state index contributed by atoms with van der Waals surface area (Å²) in [5.74, 6) is 2.57. The van der Waals surface area contributed by atoms with Gasteiger partial charge in [0.15, 0.2) is 11.0 Å². The van der Waals surface area contributed by atoms with E-state index in [9.17, 15) is 0 Å². The van der Waals surface area contributed by atoms with E-state index in [0.29, 0.717) is 5.88 Å². The van der Waals surface area contributed by atoms with E-state index in [1.54, 1.807) is 11.8 Å². The van der Waals surface area contributed by atoms with E-state index in [4.69, 9.17) is 11.6 Å². The average Bonchev–Trinajstić information content (AvgIpc) is 2.72. The molecule has 0 fully saturated rings. The monoisotopic (exact) mass is 393 g/mol. The number of thioether (sulfide) groups is 1. The lowest BCUT2D eigenvalue weighted by atomic mass is 10.2. The molecule has 0 amide bonds. The third-order valence-corrected chi connectivity index (χ3v) is 4.47. The fourth-order valence-electron chi connectivity index (χ4n) is 1.54. The fourth-order valence-corrected chi connectivity index (χ4v) is 3.22. The lowest BCUT2D eigenvalue weighted by Crippen LogP contribution is -1.95. The van der Waals surface area contributed by atoms with E-state index in [0.717, 1.165) is 28.7 Å². The SMILES string of the molecule is Cn1c(SCCCCl)nnc1-c1cccc(I)c1. The third kappa shape index (κ3) is 3.39. The van der Waals surface area contributed by atoms with Crippen molar-refractivity contribution in [2.45, 2.75) is 11.6 Å². The van der Waals surface area contributed by atoms with Gasteiger partial charge in [-0.1, -0.05) is 23.9 Å². The Bertz CT molecular complexity index is 530. The maximum Gasteiger partial charge on any atom is 0.191 e. The van der Waals surface area contributed by atoms with Gasteiger partial charge in [0, 0.05) is 27.8 Å². The molecule has 0 saturated heterocycles. The molecule has 96 valence electrons. The Kier molecular flexibility index (Phi) is 5.32. The van der Waals surface area contributed by atoms with Gasteiger partial charge >= 0.3 is 0 Å². The van der Waals surface area contributed by atoms with Crippen LogP contribution in [-0.2, 0) is 7.05 Å². The van der Waals surface area contributed by atoms with Crippen LogP contribution in [0.5, 0.6) is 0 Å². The molecule has 0 radical (unpaired) electrons. The lowest BCUT2D eigenvalue weighted by molar-refractivity contribution is 0.793. The summed E-state index contributed by atoms with van der Waals surface area (Å²) in [6, 6.07) is 8.26.